The lowest BCUT2D eigenvalue weighted by molar-refractivity contribution is 0.153. The Bertz CT molecular complexity index is 677. The molecule has 23 heavy (non-hydrogen) atoms. The fraction of sp³-hybridized carbons (Fsp3) is 0.278. The molecule has 1 atom stereocenters. The van der Waals surface area contributed by atoms with E-state index >= 15 is 0 Å². The summed E-state index contributed by atoms with van der Waals surface area (Å²) >= 11 is 9.20. The molecule has 1 aliphatic rings. The highest BCUT2D eigenvalue weighted by Gasteiger charge is 2.28. The molecule has 0 saturated carbocycles. The minimum absolute atomic E-state index is 0.280. The minimum atomic E-state index is 0.280. The highest BCUT2D eigenvalue weighted by molar-refractivity contribution is 9.10. The number of hydrogen-bond acceptors (Lipinski definition) is 2. The van der Waals surface area contributed by atoms with Gasteiger partial charge in [-0.2, -0.15) is 0 Å². The Morgan fingerprint density at radius 2 is 1.91 bits per heavy atom. The van der Waals surface area contributed by atoms with Gasteiger partial charge in [-0.15, -0.1) is 0 Å². The lowest BCUT2D eigenvalue weighted by Crippen LogP contribution is -2.50. The molecule has 1 saturated heterocycles. The number of thiocarbonyl (C=S) groups is 1. The van der Waals surface area contributed by atoms with E-state index in [0.717, 1.165) is 34.9 Å². The third-order valence-electron chi connectivity index (χ3n) is 4.10. The van der Waals surface area contributed by atoms with E-state index in [9.17, 15) is 0 Å². The van der Waals surface area contributed by atoms with Crippen LogP contribution in [-0.2, 0) is 0 Å². The molecule has 2 aromatic rings. The van der Waals surface area contributed by atoms with Crippen molar-refractivity contribution in [2.45, 2.75) is 6.04 Å². The van der Waals surface area contributed by atoms with Gasteiger partial charge in [0.1, 0.15) is 0 Å². The van der Waals surface area contributed by atoms with E-state index in [1.165, 1.54) is 5.56 Å². The molecular weight excluding hydrogens is 370 g/mol. The second-order valence-electron chi connectivity index (χ2n) is 5.82. The molecule has 1 fully saturated rings. The number of hydrogen-bond donors (Lipinski definition) is 1. The number of rotatable bonds is 2. The third-order valence-corrected chi connectivity index (χ3v) is 4.93. The Morgan fingerprint density at radius 3 is 2.65 bits per heavy atom. The summed E-state index contributed by atoms with van der Waals surface area (Å²) in [7, 11) is 2.16. The van der Waals surface area contributed by atoms with E-state index in [4.69, 9.17) is 12.2 Å². The Hall–Kier alpha value is -1.43. The Labute approximate surface area is 151 Å². The molecule has 5 heteroatoms. The molecule has 0 spiro atoms. The molecule has 1 heterocycles. The SMILES string of the molecule is CN1CCN(C(=S)Nc2cccc(Br)c2)[C@H](c2ccccc2)C1. The van der Waals surface area contributed by atoms with Crippen LogP contribution in [0.15, 0.2) is 59.1 Å². The van der Waals surface area contributed by atoms with Gasteiger partial charge in [-0.25, -0.2) is 0 Å². The molecule has 2 aromatic carbocycles. The molecule has 3 rings (SSSR count). The number of nitrogens with zero attached hydrogens (tertiary/aromatic N) is 2. The number of likely N-dealkylation sites (N-methyl/N-ethyl adjacent to an activating group) is 1. The van der Waals surface area contributed by atoms with Crippen molar-refractivity contribution in [3.8, 4) is 0 Å². The molecule has 3 nitrogen and oxygen atoms in total. The van der Waals surface area contributed by atoms with E-state index in [1.807, 2.05) is 24.3 Å². The van der Waals surface area contributed by atoms with Crippen molar-refractivity contribution in [3.63, 3.8) is 0 Å². The van der Waals surface area contributed by atoms with Crippen LogP contribution >= 0.6 is 28.1 Å². The predicted octanol–water partition coefficient (Wildman–Crippen LogP) is 4.13. The largest absolute Gasteiger partial charge is 0.339 e. The lowest BCUT2D eigenvalue weighted by Gasteiger charge is -2.41. The van der Waals surface area contributed by atoms with Gasteiger partial charge >= 0.3 is 0 Å². The van der Waals surface area contributed by atoms with Crippen molar-refractivity contribution in [1.29, 1.82) is 0 Å². The van der Waals surface area contributed by atoms with Crippen molar-refractivity contribution < 1.29 is 0 Å². The standard InChI is InChI=1S/C18H20BrN3S/c1-21-10-11-22(17(13-21)14-6-3-2-4-7-14)18(23)20-16-9-5-8-15(19)12-16/h2-9,12,17H,10-11,13H2,1H3,(H,20,23)/t17-/m0/s1. The third kappa shape index (κ3) is 4.10. The van der Waals surface area contributed by atoms with Crippen LogP contribution in [0, 0.1) is 0 Å². The zero-order valence-electron chi connectivity index (χ0n) is 13.1. The maximum atomic E-state index is 5.70. The number of halogens is 1. The first-order valence-corrected chi connectivity index (χ1v) is 8.90. The molecular formula is C18H20BrN3S. The van der Waals surface area contributed by atoms with E-state index < -0.39 is 0 Å². The summed E-state index contributed by atoms with van der Waals surface area (Å²) in [6, 6.07) is 19.0. The van der Waals surface area contributed by atoms with Crippen LogP contribution in [0.25, 0.3) is 0 Å². The van der Waals surface area contributed by atoms with Crippen molar-refractivity contribution in [1.82, 2.24) is 9.80 Å². The van der Waals surface area contributed by atoms with Crippen molar-refractivity contribution >= 4 is 38.9 Å². The number of piperazine rings is 1. The maximum absolute atomic E-state index is 5.70. The molecule has 0 radical (unpaired) electrons. The normalized spacial score (nSPS) is 18.7. The number of anilines is 1. The van der Waals surface area contributed by atoms with Crippen LogP contribution in [0.2, 0.25) is 0 Å². The molecule has 0 aliphatic carbocycles. The van der Waals surface area contributed by atoms with Crippen LogP contribution in [0.5, 0.6) is 0 Å². The average Bonchev–Trinajstić information content (AvgIpc) is 2.55. The van der Waals surface area contributed by atoms with Crippen molar-refractivity contribution in [3.05, 3.63) is 64.6 Å². The summed E-state index contributed by atoms with van der Waals surface area (Å²) < 4.78 is 1.04. The molecule has 120 valence electrons. The first kappa shape index (κ1) is 16.4. The zero-order valence-corrected chi connectivity index (χ0v) is 15.5. The molecule has 0 bridgehead atoms. The second kappa shape index (κ2) is 7.43. The van der Waals surface area contributed by atoms with Gasteiger partial charge < -0.3 is 15.1 Å². The predicted molar refractivity (Wildman–Crippen MR) is 104 cm³/mol. The summed E-state index contributed by atoms with van der Waals surface area (Å²) in [5, 5.41) is 4.16. The molecule has 0 unspecified atom stereocenters. The van der Waals surface area contributed by atoms with E-state index in [0.29, 0.717) is 0 Å². The van der Waals surface area contributed by atoms with Crippen LogP contribution in [0.3, 0.4) is 0 Å². The Morgan fingerprint density at radius 1 is 1.13 bits per heavy atom. The van der Waals surface area contributed by atoms with Crippen molar-refractivity contribution in [2.24, 2.45) is 0 Å². The molecule has 1 aliphatic heterocycles. The van der Waals surface area contributed by atoms with Gasteiger partial charge in [0.15, 0.2) is 5.11 Å². The summed E-state index contributed by atoms with van der Waals surface area (Å²) in [5.74, 6) is 0. The first-order chi connectivity index (χ1) is 11.1. The average molecular weight is 390 g/mol. The molecule has 0 aromatic heterocycles. The van der Waals surface area contributed by atoms with Crippen LogP contribution in [-0.4, -0.2) is 41.6 Å². The summed E-state index contributed by atoms with van der Waals surface area (Å²) in [5.41, 5.74) is 2.31. The van der Waals surface area contributed by atoms with Gasteiger partial charge in [0.05, 0.1) is 6.04 Å². The van der Waals surface area contributed by atoms with Gasteiger partial charge in [0, 0.05) is 29.8 Å². The zero-order chi connectivity index (χ0) is 16.2. The summed E-state index contributed by atoms with van der Waals surface area (Å²) in [6.45, 7) is 2.92. The topological polar surface area (TPSA) is 18.5 Å². The minimum Gasteiger partial charge on any atom is -0.339 e. The van der Waals surface area contributed by atoms with Gasteiger partial charge in [0.25, 0.3) is 0 Å². The number of nitrogens with one attached hydrogen (secondary N) is 1. The first-order valence-electron chi connectivity index (χ1n) is 7.70. The highest BCUT2D eigenvalue weighted by Crippen LogP contribution is 2.26. The quantitative estimate of drug-likeness (QED) is 0.777. The van der Waals surface area contributed by atoms with Gasteiger partial charge in [0.2, 0.25) is 0 Å². The van der Waals surface area contributed by atoms with Gasteiger partial charge in [-0.1, -0.05) is 52.3 Å². The van der Waals surface area contributed by atoms with Crippen LogP contribution in [0.4, 0.5) is 5.69 Å². The molecule has 0 amide bonds. The van der Waals surface area contributed by atoms with Crippen LogP contribution in [0.1, 0.15) is 11.6 Å². The summed E-state index contributed by atoms with van der Waals surface area (Å²) in [6.07, 6.45) is 0. The maximum Gasteiger partial charge on any atom is 0.174 e. The fourth-order valence-corrected chi connectivity index (χ4v) is 3.62. The smallest absolute Gasteiger partial charge is 0.174 e. The monoisotopic (exact) mass is 389 g/mol. The van der Waals surface area contributed by atoms with Gasteiger partial charge in [-0.05, 0) is 43.0 Å². The van der Waals surface area contributed by atoms with Gasteiger partial charge in [-0.3, -0.25) is 0 Å². The number of benzene rings is 2. The fourth-order valence-electron chi connectivity index (χ4n) is 2.88. The second-order valence-corrected chi connectivity index (χ2v) is 7.12. The van der Waals surface area contributed by atoms with Crippen molar-refractivity contribution in [2.75, 3.05) is 32.0 Å². The summed E-state index contributed by atoms with van der Waals surface area (Å²) in [4.78, 5) is 4.65. The van der Waals surface area contributed by atoms with E-state index in [-0.39, 0.29) is 6.04 Å². The lowest BCUT2D eigenvalue weighted by atomic mass is 10.0. The van der Waals surface area contributed by atoms with E-state index in [1.54, 1.807) is 0 Å². The van der Waals surface area contributed by atoms with E-state index in [2.05, 4.69) is 68.4 Å². The van der Waals surface area contributed by atoms with Crippen LogP contribution < -0.4 is 5.32 Å². The Balaban J connectivity index is 1.79. The molecule has 1 N–H and O–H groups in total. The highest BCUT2D eigenvalue weighted by atomic mass is 79.9. The Kier molecular flexibility index (Phi) is 5.30.